The van der Waals surface area contributed by atoms with Gasteiger partial charge in [-0.3, -0.25) is 4.79 Å². The van der Waals surface area contributed by atoms with E-state index in [1.165, 1.54) is 0 Å². The number of aryl methyl sites for hydroxylation is 1. The lowest BCUT2D eigenvalue weighted by Gasteiger charge is -2.32. The van der Waals surface area contributed by atoms with Crippen LogP contribution < -0.4 is 0 Å². The summed E-state index contributed by atoms with van der Waals surface area (Å²) in [5.41, 5.74) is 1.72. The number of aromatic nitrogens is 2. The Balaban J connectivity index is 1.71. The first-order valence-electron chi connectivity index (χ1n) is 9.27. The molecule has 1 saturated carbocycles. The normalized spacial score (nSPS) is 20.4. The van der Waals surface area contributed by atoms with Crippen LogP contribution in [0.5, 0.6) is 0 Å². The number of fused-ring (bicyclic) bond motifs is 1. The van der Waals surface area contributed by atoms with Gasteiger partial charge in [0.05, 0.1) is 0 Å². The quantitative estimate of drug-likeness (QED) is 0.816. The van der Waals surface area contributed by atoms with E-state index in [1.54, 1.807) is 6.20 Å². The molecule has 1 N–H and O–H groups in total. The van der Waals surface area contributed by atoms with Gasteiger partial charge in [0.1, 0.15) is 11.9 Å². The lowest BCUT2D eigenvalue weighted by atomic mass is 9.96. The average molecular weight is 389 g/mol. The van der Waals surface area contributed by atoms with Crippen molar-refractivity contribution in [2.75, 3.05) is 0 Å². The van der Waals surface area contributed by atoms with Crippen molar-refractivity contribution < 1.29 is 18.3 Å². The Labute approximate surface area is 158 Å². The van der Waals surface area contributed by atoms with Crippen LogP contribution in [0.25, 0.3) is 0 Å². The maximum Gasteiger partial charge on any atom is 0.322 e. The highest BCUT2D eigenvalue weighted by Gasteiger charge is 2.41. The topological polar surface area (TPSA) is 92.5 Å². The van der Waals surface area contributed by atoms with Crippen LogP contribution in [0.2, 0.25) is 0 Å². The van der Waals surface area contributed by atoms with Gasteiger partial charge in [-0.2, -0.15) is 4.31 Å². The van der Waals surface area contributed by atoms with Gasteiger partial charge < -0.3 is 9.67 Å². The number of aliphatic carboxylic acids is 1. The molecule has 1 atom stereocenters. The number of hydrogen-bond acceptors (Lipinski definition) is 4. The van der Waals surface area contributed by atoms with Crippen LogP contribution in [0.1, 0.15) is 36.7 Å². The van der Waals surface area contributed by atoms with Crippen molar-refractivity contribution in [3.05, 3.63) is 47.4 Å². The molecule has 0 bridgehead atoms. The van der Waals surface area contributed by atoms with Crippen molar-refractivity contribution in [3.8, 4) is 0 Å². The van der Waals surface area contributed by atoms with Gasteiger partial charge in [-0.1, -0.05) is 31.2 Å². The third kappa shape index (κ3) is 3.39. The monoisotopic (exact) mass is 389 g/mol. The molecule has 0 radical (unpaired) electrons. The molecule has 2 aromatic rings. The minimum atomic E-state index is -4.01. The second-order valence-electron chi connectivity index (χ2n) is 7.32. The van der Waals surface area contributed by atoms with Gasteiger partial charge in [-0.05, 0) is 29.9 Å². The molecule has 0 spiro atoms. The van der Waals surface area contributed by atoms with Gasteiger partial charge >= 0.3 is 5.97 Å². The minimum Gasteiger partial charge on any atom is -0.480 e. The van der Waals surface area contributed by atoms with Gasteiger partial charge in [0.15, 0.2) is 5.03 Å². The summed E-state index contributed by atoms with van der Waals surface area (Å²) in [6.45, 7) is 2.77. The third-order valence-electron chi connectivity index (χ3n) is 5.37. The molecule has 8 heteroatoms. The second-order valence-corrected chi connectivity index (χ2v) is 9.16. The van der Waals surface area contributed by atoms with Crippen LogP contribution in [0.4, 0.5) is 0 Å². The molecule has 1 aromatic carbocycles. The Hall–Kier alpha value is -2.19. The summed E-state index contributed by atoms with van der Waals surface area (Å²) in [4.78, 5) is 16.1. The van der Waals surface area contributed by atoms with Gasteiger partial charge in [0, 0.05) is 32.1 Å². The first-order chi connectivity index (χ1) is 12.9. The van der Waals surface area contributed by atoms with E-state index < -0.39 is 22.0 Å². The van der Waals surface area contributed by atoms with Crippen molar-refractivity contribution in [2.45, 2.75) is 56.8 Å². The van der Waals surface area contributed by atoms with E-state index in [9.17, 15) is 18.3 Å². The molecule has 7 nitrogen and oxygen atoms in total. The van der Waals surface area contributed by atoms with Crippen LogP contribution in [0.15, 0.2) is 35.5 Å². The van der Waals surface area contributed by atoms with E-state index in [0.717, 1.165) is 40.6 Å². The summed E-state index contributed by atoms with van der Waals surface area (Å²) in [5.74, 6) is 0.180. The zero-order valence-corrected chi connectivity index (χ0v) is 16.0. The summed E-state index contributed by atoms with van der Waals surface area (Å²) < 4.78 is 29.6. The first kappa shape index (κ1) is 18.2. The highest BCUT2D eigenvalue weighted by atomic mass is 32.2. The van der Waals surface area contributed by atoms with Crippen molar-refractivity contribution in [1.82, 2.24) is 13.9 Å². The Morgan fingerprint density at radius 1 is 1.26 bits per heavy atom. The first-order valence-corrected chi connectivity index (χ1v) is 10.7. The third-order valence-corrected chi connectivity index (χ3v) is 7.09. The number of carbonyl (C=O) groups is 1. The zero-order chi connectivity index (χ0) is 19.2. The van der Waals surface area contributed by atoms with Gasteiger partial charge in [0.25, 0.3) is 10.0 Å². The smallest absolute Gasteiger partial charge is 0.322 e. The number of benzene rings is 1. The lowest BCUT2D eigenvalue weighted by molar-refractivity contribution is -0.141. The minimum absolute atomic E-state index is 0.0480. The number of imidazole rings is 1. The average Bonchev–Trinajstić information content (AvgIpc) is 3.37. The number of carboxylic acids is 1. The van der Waals surface area contributed by atoms with Crippen molar-refractivity contribution in [1.29, 1.82) is 0 Å². The fourth-order valence-electron chi connectivity index (χ4n) is 3.65. The summed E-state index contributed by atoms with van der Waals surface area (Å²) in [6.07, 6.45) is 4.69. The predicted molar refractivity (Wildman–Crippen MR) is 98.6 cm³/mol. The SMILES string of the molecule is CCc1nc(S(=O)(=O)N2Cc3ccccc3C[C@H]2C(=O)O)cn1CC1CC1. The summed E-state index contributed by atoms with van der Waals surface area (Å²) in [6, 6.07) is 6.26. The maximum absolute atomic E-state index is 13.3. The summed E-state index contributed by atoms with van der Waals surface area (Å²) >= 11 is 0. The Kier molecular flexibility index (Phi) is 4.55. The van der Waals surface area contributed by atoms with Gasteiger partial charge in [0.2, 0.25) is 0 Å². The standard InChI is InChI=1S/C19H23N3O4S/c1-2-17-20-18(12-21(17)10-13-7-8-13)27(25,26)22-11-15-6-4-3-5-14(15)9-16(22)19(23)24/h3-6,12-13,16H,2,7-11H2,1H3,(H,23,24)/t16-/m0/s1. The van der Waals surface area contributed by atoms with Crippen LogP contribution in [0, 0.1) is 5.92 Å². The number of sulfonamides is 1. The molecule has 27 heavy (non-hydrogen) atoms. The highest BCUT2D eigenvalue weighted by molar-refractivity contribution is 7.89. The molecule has 0 saturated heterocycles. The molecule has 2 heterocycles. The number of nitrogens with zero attached hydrogens (tertiary/aromatic N) is 3. The molecule has 1 aliphatic carbocycles. The van der Waals surface area contributed by atoms with Gasteiger partial charge in [-0.15, -0.1) is 0 Å². The maximum atomic E-state index is 13.3. The van der Waals surface area contributed by atoms with E-state index in [1.807, 2.05) is 35.8 Å². The second kappa shape index (κ2) is 6.76. The molecular weight excluding hydrogens is 366 g/mol. The largest absolute Gasteiger partial charge is 0.480 e. The van der Waals surface area contributed by atoms with Gasteiger partial charge in [-0.25, -0.2) is 13.4 Å². The molecule has 1 aromatic heterocycles. The molecule has 4 rings (SSSR count). The van der Waals surface area contributed by atoms with Crippen LogP contribution >= 0.6 is 0 Å². The molecule has 1 aliphatic heterocycles. The lowest BCUT2D eigenvalue weighted by Crippen LogP contribution is -2.48. The van der Waals surface area contributed by atoms with E-state index in [0.29, 0.717) is 12.3 Å². The Morgan fingerprint density at radius 3 is 2.59 bits per heavy atom. The van der Waals surface area contributed by atoms with Crippen LogP contribution in [-0.2, 0) is 40.7 Å². The fraction of sp³-hybridized carbons (Fsp3) is 0.474. The van der Waals surface area contributed by atoms with E-state index in [2.05, 4.69) is 4.98 Å². The van der Waals surface area contributed by atoms with E-state index >= 15 is 0 Å². The van der Waals surface area contributed by atoms with Crippen molar-refractivity contribution in [2.24, 2.45) is 5.92 Å². The molecule has 2 aliphatic rings. The van der Waals surface area contributed by atoms with Crippen LogP contribution in [0.3, 0.4) is 0 Å². The number of carboxylic acid groups (broad SMARTS) is 1. The van der Waals surface area contributed by atoms with Crippen molar-refractivity contribution >= 4 is 16.0 Å². The Bertz CT molecular complexity index is 979. The molecule has 0 amide bonds. The molecular formula is C19H23N3O4S. The van der Waals surface area contributed by atoms with Crippen LogP contribution in [-0.4, -0.2) is 39.4 Å². The highest BCUT2D eigenvalue weighted by Crippen LogP contribution is 2.32. The number of rotatable bonds is 6. The summed E-state index contributed by atoms with van der Waals surface area (Å²) in [7, 11) is -4.01. The predicted octanol–water partition coefficient (Wildman–Crippen LogP) is 2.06. The van der Waals surface area contributed by atoms with Crippen molar-refractivity contribution in [3.63, 3.8) is 0 Å². The zero-order valence-electron chi connectivity index (χ0n) is 15.2. The fourth-order valence-corrected chi connectivity index (χ4v) is 5.18. The summed E-state index contributed by atoms with van der Waals surface area (Å²) in [5, 5.41) is 9.60. The molecule has 144 valence electrons. The van der Waals surface area contributed by atoms with E-state index in [4.69, 9.17) is 0 Å². The number of hydrogen-bond donors (Lipinski definition) is 1. The molecule has 1 fully saturated rings. The van der Waals surface area contributed by atoms with E-state index in [-0.39, 0.29) is 18.0 Å². The molecule has 0 unspecified atom stereocenters. The Morgan fingerprint density at radius 2 is 1.96 bits per heavy atom.